The molecule has 3 atom stereocenters. The fourth-order valence-electron chi connectivity index (χ4n) is 3.98. The summed E-state index contributed by atoms with van der Waals surface area (Å²) in [5.74, 6) is -0.297. The first-order valence-corrected chi connectivity index (χ1v) is 8.35. The first-order chi connectivity index (χ1) is 11.6. The van der Waals surface area contributed by atoms with Crippen molar-refractivity contribution in [2.24, 2.45) is 5.41 Å². The van der Waals surface area contributed by atoms with Crippen LogP contribution >= 0.6 is 0 Å². The van der Waals surface area contributed by atoms with Crippen LogP contribution in [0.4, 0.5) is 13.2 Å². The molecule has 1 aliphatic heterocycles. The molecule has 0 radical (unpaired) electrons. The van der Waals surface area contributed by atoms with Gasteiger partial charge in [0.1, 0.15) is 0 Å². The molecule has 2 unspecified atom stereocenters. The average Bonchev–Trinajstić information content (AvgIpc) is 3.34. The molecular weight excluding hydrogens is 335 g/mol. The Morgan fingerprint density at radius 2 is 1.84 bits per heavy atom. The van der Waals surface area contributed by atoms with Gasteiger partial charge in [-0.15, -0.1) is 0 Å². The summed E-state index contributed by atoms with van der Waals surface area (Å²) >= 11 is 0. The number of hydrogen-bond acceptors (Lipinski definition) is 4. The third kappa shape index (κ3) is 3.27. The molecule has 1 aliphatic carbocycles. The molecule has 1 aromatic carbocycles. The summed E-state index contributed by atoms with van der Waals surface area (Å²) in [6.07, 6.45) is -2.40. The van der Waals surface area contributed by atoms with Crippen LogP contribution in [-0.2, 0) is 21.3 Å². The highest BCUT2D eigenvalue weighted by molar-refractivity contribution is 5.80. The molecule has 25 heavy (non-hydrogen) atoms. The third-order valence-electron chi connectivity index (χ3n) is 5.47. The number of benzene rings is 1. The van der Waals surface area contributed by atoms with Gasteiger partial charge in [0.05, 0.1) is 23.7 Å². The van der Waals surface area contributed by atoms with Crippen molar-refractivity contribution in [1.29, 1.82) is 0 Å². The maximum atomic E-state index is 12.7. The van der Waals surface area contributed by atoms with E-state index >= 15 is 0 Å². The van der Waals surface area contributed by atoms with Crippen molar-refractivity contribution >= 4 is 5.97 Å². The van der Waals surface area contributed by atoms with Crippen molar-refractivity contribution in [3.63, 3.8) is 0 Å². The Morgan fingerprint density at radius 3 is 2.32 bits per heavy atom. The Morgan fingerprint density at radius 1 is 1.24 bits per heavy atom. The van der Waals surface area contributed by atoms with E-state index in [-0.39, 0.29) is 24.5 Å². The Labute approximate surface area is 144 Å². The zero-order chi connectivity index (χ0) is 18.5. The number of carbonyl (C=O) groups is 1. The lowest BCUT2D eigenvalue weighted by Gasteiger charge is -2.43. The molecule has 2 fully saturated rings. The number of aliphatic hydroxyl groups is 1. The van der Waals surface area contributed by atoms with Gasteiger partial charge in [-0.25, -0.2) is 0 Å². The molecule has 2 N–H and O–H groups in total. The molecule has 0 bridgehead atoms. The molecule has 0 amide bonds. The van der Waals surface area contributed by atoms with Crippen LogP contribution in [0, 0.1) is 5.41 Å². The van der Waals surface area contributed by atoms with Crippen molar-refractivity contribution in [2.45, 2.75) is 56.5 Å². The van der Waals surface area contributed by atoms with E-state index in [2.05, 4.69) is 5.32 Å². The van der Waals surface area contributed by atoms with E-state index in [1.807, 2.05) is 6.92 Å². The van der Waals surface area contributed by atoms with Crippen LogP contribution in [0.5, 0.6) is 0 Å². The van der Waals surface area contributed by atoms with Gasteiger partial charge in [-0.05, 0) is 50.3 Å². The van der Waals surface area contributed by atoms with E-state index in [0.717, 1.165) is 12.1 Å². The van der Waals surface area contributed by atoms with Gasteiger partial charge in [0.15, 0.2) is 0 Å². The van der Waals surface area contributed by atoms with Crippen LogP contribution in [0.2, 0.25) is 0 Å². The highest BCUT2D eigenvalue weighted by atomic mass is 19.4. The van der Waals surface area contributed by atoms with Gasteiger partial charge in [0, 0.05) is 12.1 Å². The number of hydrogen-bond donors (Lipinski definition) is 2. The molecule has 0 aromatic heterocycles. The van der Waals surface area contributed by atoms with E-state index in [4.69, 9.17) is 4.74 Å². The standard InChI is InChI=1S/C18H22F3NO3/c1-11-9-17(24,12-3-5-13(6-4-12)18(19,20)21)10-14(22-11)16(7-8-16)15(23)25-2/h3-6,11,14,22,24H,7-10H2,1-2H3/t11-,14?,17?/m0/s1. The van der Waals surface area contributed by atoms with Gasteiger partial charge in [0.2, 0.25) is 0 Å². The number of esters is 1. The van der Waals surface area contributed by atoms with Gasteiger partial charge >= 0.3 is 12.1 Å². The molecule has 4 nitrogen and oxygen atoms in total. The summed E-state index contributed by atoms with van der Waals surface area (Å²) in [6.45, 7) is 1.90. The minimum atomic E-state index is -4.41. The summed E-state index contributed by atoms with van der Waals surface area (Å²) in [7, 11) is 1.34. The molecule has 3 rings (SSSR count). The van der Waals surface area contributed by atoms with Gasteiger partial charge in [0.25, 0.3) is 0 Å². The number of alkyl halides is 3. The van der Waals surface area contributed by atoms with Crippen LogP contribution in [0.1, 0.15) is 43.7 Å². The molecule has 138 valence electrons. The lowest BCUT2D eigenvalue weighted by Crippen LogP contribution is -2.56. The summed E-state index contributed by atoms with van der Waals surface area (Å²) < 4.78 is 43.2. The number of carbonyl (C=O) groups excluding carboxylic acids is 1. The molecule has 1 heterocycles. The predicted molar refractivity (Wildman–Crippen MR) is 84.6 cm³/mol. The van der Waals surface area contributed by atoms with Crippen molar-refractivity contribution < 1.29 is 27.8 Å². The summed E-state index contributed by atoms with van der Waals surface area (Å²) in [5.41, 5.74) is -2.21. The van der Waals surface area contributed by atoms with Gasteiger partial charge in [-0.2, -0.15) is 13.2 Å². The van der Waals surface area contributed by atoms with Crippen molar-refractivity contribution in [3.8, 4) is 0 Å². The van der Waals surface area contributed by atoms with Crippen LogP contribution < -0.4 is 5.32 Å². The number of halogens is 3. The van der Waals surface area contributed by atoms with Crippen LogP contribution in [0.25, 0.3) is 0 Å². The second kappa shape index (κ2) is 5.99. The van der Waals surface area contributed by atoms with E-state index in [1.165, 1.54) is 19.2 Å². The SMILES string of the molecule is COC(=O)C1(C2CC(O)(c3ccc(C(F)(F)F)cc3)C[C@H](C)N2)CC1. The van der Waals surface area contributed by atoms with Crippen LogP contribution in [0.3, 0.4) is 0 Å². The summed E-state index contributed by atoms with van der Waals surface area (Å²) in [5, 5.41) is 14.5. The highest BCUT2D eigenvalue weighted by Crippen LogP contribution is 2.54. The first-order valence-electron chi connectivity index (χ1n) is 8.35. The number of nitrogens with one attached hydrogen (secondary N) is 1. The topological polar surface area (TPSA) is 58.6 Å². The second-order valence-corrected chi connectivity index (χ2v) is 7.28. The Bertz CT molecular complexity index is 655. The van der Waals surface area contributed by atoms with Crippen LogP contribution in [-0.4, -0.2) is 30.3 Å². The van der Waals surface area contributed by atoms with Crippen molar-refractivity contribution in [1.82, 2.24) is 5.32 Å². The number of methoxy groups -OCH3 is 1. The molecule has 1 saturated carbocycles. The van der Waals surface area contributed by atoms with Crippen molar-refractivity contribution in [3.05, 3.63) is 35.4 Å². The lowest BCUT2D eigenvalue weighted by molar-refractivity contribution is -0.150. The fraction of sp³-hybridized carbons (Fsp3) is 0.611. The first kappa shape index (κ1) is 18.2. The van der Waals surface area contributed by atoms with Crippen LogP contribution in [0.15, 0.2) is 24.3 Å². The summed E-state index contributed by atoms with van der Waals surface area (Å²) in [6, 6.07) is 4.29. The van der Waals surface area contributed by atoms with E-state index in [1.54, 1.807) is 0 Å². The summed E-state index contributed by atoms with van der Waals surface area (Å²) in [4.78, 5) is 12.1. The minimum Gasteiger partial charge on any atom is -0.469 e. The second-order valence-electron chi connectivity index (χ2n) is 7.28. The van der Waals surface area contributed by atoms with E-state index < -0.39 is 22.8 Å². The number of rotatable bonds is 3. The van der Waals surface area contributed by atoms with E-state index in [9.17, 15) is 23.1 Å². The normalized spacial score (nSPS) is 31.4. The Balaban J connectivity index is 1.86. The number of piperidine rings is 1. The molecular formula is C18H22F3NO3. The molecule has 1 saturated heterocycles. The lowest BCUT2D eigenvalue weighted by atomic mass is 9.74. The molecule has 7 heteroatoms. The quantitative estimate of drug-likeness (QED) is 0.817. The Kier molecular flexibility index (Phi) is 4.36. The maximum Gasteiger partial charge on any atom is 0.416 e. The monoisotopic (exact) mass is 357 g/mol. The van der Waals surface area contributed by atoms with Crippen molar-refractivity contribution in [2.75, 3.05) is 7.11 Å². The third-order valence-corrected chi connectivity index (χ3v) is 5.47. The maximum absolute atomic E-state index is 12.7. The van der Waals surface area contributed by atoms with Gasteiger partial charge < -0.3 is 15.2 Å². The fourth-order valence-corrected chi connectivity index (χ4v) is 3.98. The highest BCUT2D eigenvalue weighted by Gasteiger charge is 2.59. The predicted octanol–water partition coefficient (Wildman–Crippen LogP) is 2.99. The van der Waals surface area contributed by atoms with Gasteiger partial charge in [-0.1, -0.05) is 12.1 Å². The zero-order valence-electron chi connectivity index (χ0n) is 14.2. The average molecular weight is 357 g/mol. The Hall–Kier alpha value is -1.60. The smallest absolute Gasteiger partial charge is 0.416 e. The van der Waals surface area contributed by atoms with E-state index in [0.29, 0.717) is 24.8 Å². The number of ether oxygens (including phenoxy) is 1. The molecule has 1 aromatic rings. The van der Waals surface area contributed by atoms with Gasteiger partial charge in [-0.3, -0.25) is 4.79 Å². The minimum absolute atomic E-state index is 0.0758. The molecule has 2 aliphatic rings. The largest absolute Gasteiger partial charge is 0.469 e. The molecule has 0 spiro atoms. The zero-order valence-corrected chi connectivity index (χ0v) is 14.2.